The number of likely N-dealkylation sites (tertiary alicyclic amines) is 1. The van der Waals surface area contributed by atoms with E-state index in [4.69, 9.17) is 0 Å². The molecule has 0 amide bonds. The van der Waals surface area contributed by atoms with E-state index in [0.717, 1.165) is 17.9 Å². The quantitative estimate of drug-likeness (QED) is 0.730. The van der Waals surface area contributed by atoms with Crippen LogP contribution in [0, 0.1) is 11.8 Å². The first-order valence-electron chi connectivity index (χ1n) is 8.22. The van der Waals surface area contributed by atoms with Gasteiger partial charge < -0.3 is 5.32 Å². The van der Waals surface area contributed by atoms with Crippen molar-refractivity contribution in [3.05, 3.63) is 0 Å². The van der Waals surface area contributed by atoms with Crippen LogP contribution in [0.4, 0.5) is 0 Å². The molecule has 2 aliphatic rings. The molecule has 0 aromatic rings. The van der Waals surface area contributed by atoms with Crippen LogP contribution in [0.1, 0.15) is 58.8 Å². The third-order valence-electron chi connectivity index (χ3n) is 4.92. The fourth-order valence-electron chi connectivity index (χ4n) is 3.80. The SMILES string of the molecule is CC(C)C1CCCN1CCNCC1CCCCC1. The van der Waals surface area contributed by atoms with Crippen molar-refractivity contribution in [2.45, 2.75) is 64.8 Å². The van der Waals surface area contributed by atoms with Crippen LogP contribution in [0.5, 0.6) is 0 Å². The lowest BCUT2D eigenvalue weighted by Crippen LogP contribution is -2.39. The van der Waals surface area contributed by atoms with Crippen LogP contribution in [0.3, 0.4) is 0 Å². The van der Waals surface area contributed by atoms with E-state index < -0.39 is 0 Å². The van der Waals surface area contributed by atoms with E-state index in [2.05, 4.69) is 24.1 Å². The Labute approximate surface area is 114 Å². The Hall–Kier alpha value is -0.0800. The Morgan fingerprint density at radius 3 is 2.56 bits per heavy atom. The fourth-order valence-corrected chi connectivity index (χ4v) is 3.80. The lowest BCUT2D eigenvalue weighted by molar-refractivity contribution is 0.205. The molecule has 0 aromatic carbocycles. The van der Waals surface area contributed by atoms with Crippen molar-refractivity contribution in [2.75, 3.05) is 26.2 Å². The van der Waals surface area contributed by atoms with Gasteiger partial charge in [-0.25, -0.2) is 0 Å². The van der Waals surface area contributed by atoms with Gasteiger partial charge in [-0.3, -0.25) is 4.90 Å². The topological polar surface area (TPSA) is 15.3 Å². The summed E-state index contributed by atoms with van der Waals surface area (Å²) < 4.78 is 0. The van der Waals surface area contributed by atoms with Crippen molar-refractivity contribution in [1.29, 1.82) is 0 Å². The molecule has 0 spiro atoms. The van der Waals surface area contributed by atoms with E-state index in [1.165, 1.54) is 71.1 Å². The Morgan fingerprint density at radius 1 is 1.06 bits per heavy atom. The van der Waals surface area contributed by atoms with Crippen LogP contribution in [-0.4, -0.2) is 37.1 Å². The van der Waals surface area contributed by atoms with Crippen molar-refractivity contribution in [3.63, 3.8) is 0 Å². The molecule has 1 saturated carbocycles. The molecule has 2 heteroatoms. The van der Waals surface area contributed by atoms with Gasteiger partial charge in [-0.05, 0) is 50.6 Å². The predicted molar refractivity (Wildman–Crippen MR) is 78.9 cm³/mol. The molecular weight excluding hydrogens is 220 g/mol. The van der Waals surface area contributed by atoms with Gasteiger partial charge in [0, 0.05) is 19.1 Å². The molecule has 1 saturated heterocycles. The highest BCUT2D eigenvalue weighted by atomic mass is 15.2. The molecule has 1 aliphatic heterocycles. The van der Waals surface area contributed by atoms with Gasteiger partial charge >= 0.3 is 0 Å². The normalized spacial score (nSPS) is 27.2. The van der Waals surface area contributed by atoms with Crippen LogP contribution >= 0.6 is 0 Å². The molecule has 2 nitrogen and oxygen atoms in total. The second kappa shape index (κ2) is 7.49. The van der Waals surface area contributed by atoms with Crippen LogP contribution < -0.4 is 5.32 Å². The average molecular weight is 252 g/mol. The molecule has 0 radical (unpaired) electrons. The molecule has 1 N–H and O–H groups in total. The molecule has 0 bridgehead atoms. The van der Waals surface area contributed by atoms with Crippen LogP contribution in [0.15, 0.2) is 0 Å². The van der Waals surface area contributed by atoms with E-state index in [-0.39, 0.29) is 0 Å². The Kier molecular flexibility index (Phi) is 5.97. The van der Waals surface area contributed by atoms with Crippen LogP contribution in [0.2, 0.25) is 0 Å². The second-order valence-corrected chi connectivity index (χ2v) is 6.70. The summed E-state index contributed by atoms with van der Waals surface area (Å²) in [5, 5.41) is 3.70. The van der Waals surface area contributed by atoms with Crippen molar-refractivity contribution in [1.82, 2.24) is 10.2 Å². The summed E-state index contributed by atoms with van der Waals surface area (Å²) in [5.74, 6) is 1.80. The predicted octanol–water partition coefficient (Wildman–Crippen LogP) is 3.28. The molecule has 18 heavy (non-hydrogen) atoms. The average Bonchev–Trinajstić information content (AvgIpc) is 2.84. The molecule has 1 heterocycles. The summed E-state index contributed by atoms with van der Waals surface area (Å²) in [4.78, 5) is 2.71. The monoisotopic (exact) mass is 252 g/mol. The third-order valence-corrected chi connectivity index (χ3v) is 4.92. The minimum Gasteiger partial charge on any atom is -0.315 e. The largest absolute Gasteiger partial charge is 0.315 e. The smallest absolute Gasteiger partial charge is 0.0119 e. The first-order chi connectivity index (χ1) is 8.77. The highest BCUT2D eigenvalue weighted by Gasteiger charge is 2.26. The lowest BCUT2D eigenvalue weighted by atomic mass is 9.89. The van der Waals surface area contributed by atoms with Crippen molar-refractivity contribution in [2.24, 2.45) is 11.8 Å². The third kappa shape index (κ3) is 4.24. The maximum Gasteiger partial charge on any atom is 0.0119 e. The molecule has 1 unspecified atom stereocenters. The summed E-state index contributed by atoms with van der Waals surface area (Å²) >= 11 is 0. The van der Waals surface area contributed by atoms with Gasteiger partial charge in [0.25, 0.3) is 0 Å². The maximum absolute atomic E-state index is 3.70. The molecule has 2 fully saturated rings. The first-order valence-corrected chi connectivity index (χ1v) is 8.22. The molecular formula is C16H32N2. The zero-order valence-corrected chi connectivity index (χ0v) is 12.5. The molecule has 2 rings (SSSR count). The lowest BCUT2D eigenvalue weighted by Gasteiger charge is -2.28. The van der Waals surface area contributed by atoms with Crippen LogP contribution in [-0.2, 0) is 0 Å². The molecule has 106 valence electrons. The highest BCUT2D eigenvalue weighted by Crippen LogP contribution is 2.24. The fraction of sp³-hybridized carbons (Fsp3) is 1.00. The van der Waals surface area contributed by atoms with Crippen LogP contribution in [0.25, 0.3) is 0 Å². The highest BCUT2D eigenvalue weighted by molar-refractivity contribution is 4.81. The first kappa shape index (κ1) is 14.3. The summed E-state index contributed by atoms with van der Waals surface area (Å²) in [6, 6.07) is 0.849. The van der Waals surface area contributed by atoms with E-state index in [9.17, 15) is 0 Å². The van der Waals surface area contributed by atoms with Crippen molar-refractivity contribution < 1.29 is 0 Å². The number of nitrogens with zero attached hydrogens (tertiary/aromatic N) is 1. The molecule has 1 atom stereocenters. The summed E-state index contributed by atoms with van der Waals surface area (Å²) in [5.41, 5.74) is 0. The number of hydrogen-bond acceptors (Lipinski definition) is 2. The minimum absolute atomic E-state index is 0.825. The van der Waals surface area contributed by atoms with Gasteiger partial charge in [0.1, 0.15) is 0 Å². The number of hydrogen-bond donors (Lipinski definition) is 1. The van der Waals surface area contributed by atoms with E-state index in [0.29, 0.717) is 0 Å². The summed E-state index contributed by atoms with van der Waals surface area (Å²) in [6.07, 6.45) is 10.2. The Bertz CT molecular complexity index is 221. The molecule has 0 aromatic heterocycles. The van der Waals surface area contributed by atoms with Gasteiger partial charge in [0.05, 0.1) is 0 Å². The zero-order chi connectivity index (χ0) is 12.8. The molecule has 1 aliphatic carbocycles. The summed E-state index contributed by atoms with van der Waals surface area (Å²) in [6.45, 7) is 9.79. The van der Waals surface area contributed by atoms with Crippen molar-refractivity contribution >= 4 is 0 Å². The standard InChI is InChI=1S/C16H32N2/c1-14(2)16-9-6-11-18(16)12-10-17-13-15-7-4-3-5-8-15/h14-17H,3-13H2,1-2H3. The van der Waals surface area contributed by atoms with Gasteiger partial charge in [-0.1, -0.05) is 33.1 Å². The summed E-state index contributed by atoms with van der Waals surface area (Å²) in [7, 11) is 0. The van der Waals surface area contributed by atoms with Gasteiger partial charge in [0.15, 0.2) is 0 Å². The van der Waals surface area contributed by atoms with E-state index in [1.807, 2.05) is 0 Å². The van der Waals surface area contributed by atoms with Gasteiger partial charge in [-0.2, -0.15) is 0 Å². The van der Waals surface area contributed by atoms with Gasteiger partial charge in [0.2, 0.25) is 0 Å². The van der Waals surface area contributed by atoms with Gasteiger partial charge in [-0.15, -0.1) is 0 Å². The van der Waals surface area contributed by atoms with E-state index in [1.54, 1.807) is 0 Å². The second-order valence-electron chi connectivity index (χ2n) is 6.70. The minimum atomic E-state index is 0.825. The zero-order valence-electron chi connectivity index (χ0n) is 12.5. The maximum atomic E-state index is 3.70. The number of rotatable bonds is 6. The Morgan fingerprint density at radius 2 is 1.83 bits per heavy atom. The van der Waals surface area contributed by atoms with E-state index >= 15 is 0 Å². The number of nitrogens with one attached hydrogen (secondary N) is 1. The Balaban J connectivity index is 1.57. The van der Waals surface area contributed by atoms with Crippen molar-refractivity contribution in [3.8, 4) is 0 Å².